The minimum Gasteiger partial charge on any atom is -0.495 e. The minimum absolute atomic E-state index is 0.0778. The molecule has 0 fully saturated rings. The van der Waals surface area contributed by atoms with Crippen LogP contribution in [0.15, 0.2) is 36.4 Å². The summed E-state index contributed by atoms with van der Waals surface area (Å²) in [4.78, 5) is 23.7. The summed E-state index contributed by atoms with van der Waals surface area (Å²) in [7, 11) is 1.47. The Bertz CT molecular complexity index is 814. The Kier molecular flexibility index (Phi) is 5.93. The first-order chi connectivity index (χ1) is 11.8. The van der Waals surface area contributed by atoms with Crippen LogP contribution in [0, 0.1) is 11.6 Å². The molecule has 0 aliphatic heterocycles. The van der Waals surface area contributed by atoms with Gasteiger partial charge in [-0.25, -0.2) is 8.78 Å². The van der Waals surface area contributed by atoms with Gasteiger partial charge < -0.3 is 15.8 Å². The molecule has 1 atom stereocenters. The predicted molar refractivity (Wildman–Crippen MR) is 88.5 cm³/mol. The first-order valence-corrected chi connectivity index (χ1v) is 7.57. The van der Waals surface area contributed by atoms with E-state index in [1.807, 2.05) is 0 Å². The van der Waals surface area contributed by atoms with Crippen LogP contribution >= 0.6 is 11.6 Å². The van der Waals surface area contributed by atoms with Crippen LogP contribution < -0.4 is 15.8 Å². The maximum absolute atomic E-state index is 13.2. The van der Waals surface area contributed by atoms with Gasteiger partial charge in [-0.3, -0.25) is 9.59 Å². The van der Waals surface area contributed by atoms with Crippen LogP contribution in [-0.4, -0.2) is 25.0 Å². The summed E-state index contributed by atoms with van der Waals surface area (Å²) in [5, 5.41) is 2.74. The van der Waals surface area contributed by atoms with Gasteiger partial charge in [0, 0.05) is 12.0 Å². The summed E-state index contributed by atoms with van der Waals surface area (Å²) < 4.78 is 31.2. The summed E-state index contributed by atoms with van der Waals surface area (Å²) in [6.45, 7) is 0. The maximum Gasteiger partial charge on any atom is 0.252 e. The molecular formula is C17H15ClF2N2O3. The molecule has 0 aliphatic rings. The average molecular weight is 369 g/mol. The van der Waals surface area contributed by atoms with Gasteiger partial charge in [-0.15, -0.1) is 0 Å². The second kappa shape index (κ2) is 7.94. The number of primary amides is 1. The lowest BCUT2D eigenvalue weighted by Gasteiger charge is -2.16. The van der Waals surface area contributed by atoms with Gasteiger partial charge in [0.05, 0.1) is 12.1 Å². The van der Waals surface area contributed by atoms with Gasteiger partial charge in [0.1, 0.15) is 11.8 Å². The van der Waals surface area contributed by atoms with Crippen LogP contribution in [0.3, 0.4) is 0 Å². The lowest BCUT2D eigenvalue weighted by atomic mass is 10.0. The van der Waals surface area contributed by atoms with Gasteiger partial charge in [0.15, 0.2) is 11.6 Å². The van der Waals surface area contributed by atoms with Gasteiger partial charge in [0.2, 0.25) is 5.91 Å². The van der Waals surface area contributed by atoms with Gasteiger partial charge in [-0.05, 0) is 35.9 Å². The van der Waals surface area contributed by atoms with E-state index in [2.05, 4.69) is 5.32 Å². The number of halogens is 3. The molecular weight excluding hydrogens is 354 g/mol. The molecule has 3 N–H and O–H groups in total. The molecule has 0 radical (unpaired) electrons. The van der Waals surface area contributed by atoms with E-state index in [0.29, 0.717) is 16.3 Å². The van der Waals surface area contributed by atoms with Crippen LogP contribution in [0.5, 0.6) is 5.75 Å². The topological polar surface area (TPSA) is 81.4 Å². The molecule has 0 unspecified atom stereocenters. The third-order valence-corrected chi connectivity index (χ3v) is 3.78. The number of hydrogen-bond donors (Lipinski definition) is 2. The molecule has 25 heavy (non-hydrogen) atoms. The molecule has 0 saturated carbocycles. The van der Waals surface area contributed by atoms with E-state index in [0.717, 1.165) is 18.2 Å². The second-order valence-corrected chi connectivity index (χ2v) is 5.64. The Balaban J connectivity index is 2.15. The van der Waals surface area contributed by atoms with E-state index in [9.17, 15) is 18.4 Å². The summed E-state index contributed by atoms with van der Waals surface area (Å²) in [6, 6.07) is 6.50. The monoisotopic (exact) mass is 368 g/mol. The third kappa shape index (κ3) is 4.67. The number of carbonyl (C=O) groups is 2. The number of nitrogens with one attached hydrogen (secondary N) is 1. The Morgan fingerprint density at radius 1 is 1.20 bits per heavy atom. The Labute approximate surface area is 147 Å². The quantitative estimate of drug-likeness (QED) is 0.821. The number of nitrogens with two attached hydrogens (primary N) is 1. The first kappa shape index (κ1) is 18.7. The van der Waals surface area contributed by atoms with Crippen molar-refractivity contribution < 1.29 is 23.1 Å². The number of amides is 2. The van der Waals surface area contributed by atoms with Gasteiger partial charge in [0.25, 0.3) is 5.91 Å². The fraction of sp³-hybridized carbons (Fsp3) is 0.176. The van der Waals surface area contributed by atoms with E-state index in [4.69, 9.17) is 22.1 Å². The number of rotatable bonds is 6. The molecule has 0 aliphatic carbocycles. The molecule has 0 saturated heterocycles. The highest BCUT2D eigenvalue weighted by Crippen LogP contribution is 2.25. The van der Waals surface area contributed by atoms with Crippen molar-refractivity contribution in [2.24, 2.45) is 5.73 Å². The fourth-order valence-corrected chi connectivity index (χ4v) is 2.45. The summed E-state index contributed by atoms with van der Waals surface area (Å²) in [5.74, 6) is -3.29. The Hall–Kier alpha value is -2.67. The minimum atomic E-state index is -1.16. The van der Waals surface area contributed by atoms with E-state index < -0.39 is 29.5 Å². The van der Waals surface area contributed by atoms with Crippen LogP contribution in [-0.2, 0) is 11.2 Å². The van der Waals surface area contributed by atoms with Crippen molar-refractivity contribution in [2.45, 2.75) is 12.5 Å². The van der Waals surface area contributed by atoms with Crippen molar-refractivity contribution in [3.63, 3.8) is 0 Å². The molecule has 2 rings (SSSR count). The molecule has 0 bridgehead atoms. The maximum atomic E-state index is 13.2. The van der Waals surface area contributed by atoms with E-state index in [-0.39, 0.29) is 12.0 Å². The number of benzene rings is 2. The van der Waals surface area contributed by atoms with Crippen molar-refractivity contribution >= 4 is 23.4 Å². The zero-order valence-electron chi connectivity index (χ0n) is 13.2. The van der Waals surface area contributed by atoms with Gasteiger partial charge >= 0.3 is 0 Å². The van der Waals surface area contributed by atoms with Crippen molar-refractivity contribution in [2.75, 3.05) is 7.11 Å². The van der Waals surface area contributed by atoms with Gasteiger partial charge in [-0.1, -0.05) is 17.7 Å². The van der Waals surface area contributed by atoms with E-state index >= 15 is 0 Å². The highest BCUT2D eigenvalue weighted by atomic mass is 35.5. The van der Waals surface area contributed by atoms with E-state index in [1.165, 1.54) is 7.11 Å². The van der Waals surface area contributed by atoms with Crippen molar-refractivity contribution in [1.82, 2.24) is 5.32 Å². The predicted octanol–water partition coefficient (Wildman–Crippen LogP) is 2.45. The molecule has 0 heterocycles. The zero-order chi connectivity index (χ0) is 18.6. The lowest BCUT2D eigenvalue weighted by molar-refractivity contribution is -0.119. The lowest BCUT2D eigenvalue weighted by Crippen LogP contribution is -2.45. The average Bonchev–Trinajstić information content (AvgIpc) is 2.56. The molecule has 0 aromatic heterocycles. The smallest absolute Gasteiger partial charge is 0.252 e. The largest absolute Gasteiger partial charge is 0.495 e. The fourth-order valence-electron chi connectivity index (χ4n) is 2.17. The van der Waals surface area contributed by atoms with Crippen LogP contribution in [0.25, 0.3) is 0 Å². The van der Waals surface area contributed by atoms with E-state index in [1.54, 1.807) is 18.2 Å². The normalized spacial score (nSPS) is 11.7. The number of methoxy groups -OCH3 is 1. The number of hydrogen-bond acceptors (Lipinski definition) is 3. The van der Waals surface area contributed by atoms with Crippen LogP contribution in [0.4, 0.5) is 8.78 Å². The van der Waals surface area contributed by atoms with Gasteiger partial charge in [-0.2, -0.15) is 0 Å². The van der Waals surface area contributed by atoms with Crippen LogP contribution in [0.2, 0.25) is 5.02 Å². The molecule has 2 aromatic carbocycles. The third-order valence-electron chi connectivity index (χ3n) is 3.49. The Morgan fingerprint density at radius 2 is 1.92 bits per heavy atom. The summed E-state index contributed by atoms with van der Waals surface area (Å²) in [6.07, 6.45) is 0.0778. The molecule has 132 valence electrons. The number of carbonyl (C=O) groups excluding carboxylic acids is 2. The Morgan fingerprint density at radius 3 is 2.48 bits per heavy atom. The molecule has 2 aromatic rings. The van der Waals surface area contributed by atoms with Crippen molar-refractivity contribution in [3.05, 3.63) is 64.2 Å². The number of ether oxygens (including phenoxy) is 1. The highest BCUT2D eigenvalue weighted by Gasteiger charge is 2.20. The molecule has 5 nitrogen and oxygen atoms in total. The molecule has 8 heteroatoms. The first-order valence-electron chi connectivity index (χ1n) is 7.19. The zero-order valence-corrected chi connectivity index (χ0v) is 13.9. The standard InChI is InChI=1S/C17H15ClF2N2O3/c1-25-15-5-2-9(6-11(15)18)7-14(16(21)23)22-17(24)10-3-4-12(19)13(20)8-10/h2-6,8,14H,7H2,1H3,(H2,21,23)(H,22,24)/t14-/m0/s1. The second-order valence-electron chi connectivity index (χ2n) is 5.23. The summed E-state index contributed by atoms with van der Waals surface area (Å²) >= 11 is 6.02. The molecule has 2 amide bonds. The van der Waals surface area contributed by atoms with Crippen LogP contribution in [0.1, 0.15) is 15.9 Å². The highest BCUT2D eigenvalue weighted by molar-refractivity contribution is 6.32. The SMILES string of the molecule is COc1ccc(C[C@H](NC(=O)c2ccc(F)c(F)c2)C(N)=O)cc1Cl. The van der Waals surface area contributed by atoms with Crippen molar-refractivity contribution in [1.29, 1.82) is 0 Å². The van der Waals surface area contributed by atoms with Crippen molar-refractivity contribution in [3.8, 4) is 5.75 Å². The summed E-state index contributed by atoms with van der Waals surface area (Å²) in [5.41, 5.74) is 5.83. The molecule has 0 spiro atoms.